The van der Waals surface area contributed by atoms with Crippen molar-refractivity contribution in [2.45, 2.75) is 26.6 Å². The van der Waals surface area contributed by atoms with Crippen molar-refractivity contribution < 1.29 is 8.42 Å². The number of nitrogens with zero attached hydrogens (tertiary/aromatic N) is 5. The Kier molecular flexibility index (Phi) is 3.35. The van der Waals surface area contributed by atoms with E-state index in [0.29, 0.717) is 26.2 Å². The van der Waals surface area contributed by atoms with Crippen molar-refractivity contribution in [3.8, 4) is 0 Å². The molecule has 20 heavy (non-hydrogen) atoms. The van der Waals surface area contributed by atoms with Crippen LogP contribution in [0.2, 0.25) is 0 Å². The maximum absolute atomic E-state index is 11.9. The molecule has 0 saturated carbocycles. The third-order valence-electron chi connectivity index (χ3n) is 3.55. The standard InChI is InChI=1S/C12H17N5O2S/c1-2-20(18,19)16-6-7-17-11(8-13-12(17)10-16)9-15-5-3-4-14-15/h3-5,8H,2,6-7,9-10H2,1H3. The lowest BCUT2D eigenvalue weighted by Crippen LogP contribution is -2.39. The number of sulfonamides is 1. The number of imidazole rings is 1. The van der Waals surface area contributed by atoms with Crippen LogP contribution in [0.1, 0.15) is 18.4 Å². The minimum Gasteiger partial charge on any atom is -0.328 e. The molecule has 0 aliphatic carbocycles. The lowest BCUT2D eigenvalue weighted by atomic mass is 10.4. The van der Waals surface area contributed by atoms with Gasteiger partial charge in [-0.3, -0.25) is 4.68 Å². The first kappa shape index (κ1) is 13.3. The number of hydrogen-bond acceptors (Lipinski definition) is 4. The fourth-order valence-electron chi connectivity index (χ4n) is 2.41. The van der Waals surface area contributed by atoms with E-state index in [9.17, 15) is 8.42 Å². The van der Waals surface area contributed by atoms with Gasteiger partial charge >= 0.3 is 0 Å². The predicted molar refractivity (Wildman–Crippen MR) is 73.4 cm³/mol. The third-order valence-corrected chi connectivity index (χ3v) is 5.38. The van der Waals surface area contributed by atoms with Crippen LogP contribution < -0.4 is 0 Å². The zero-order chi connectivity index (χ0) is 14.2. The van der Waals surface area contributed by atoms with Crippen LogP contribution in [0.25, 0.3) is 0 Å². The van der Waals surface area contributed by atoms with Crippen molar-refractivity contribution in [1.29, 1.82) is 0 Å². The molecule has 8 heteroatoms. The number of rotatable bonds is 4. The first-order valence-corrected chi connectivity index (χ1v) is 8.19. The molecule has 7 nitrogen and oxygen atoms in total. The van der Waals surface area contributed by atoms with E-state index < -0.39 is 10.0 Å². The number of aromatic nitrogens is 4. The summed E-state index contributed by atoms with van der Waals surface area (Å²) in [5.41, 5.74) is 1.05. The van der Waals surface area contributed by atoms with Gasteiger partial charge in [0.15, 0.2) is 0 Å². The molecule has 0 saturated heterocycles. The van der Waals surface area contributed by atoms with Gasteiger partial charge in [-0.25, -0.2) is 13.4 Å². The van der Waals surface area contributed by atoms with Crippen LogP contribution in [-0.4, -0.2) is 44.4 Å². The Morgan fingerprint density at radius 1 is 1.35 bits per heavy atom. The maximum atomic E-state index is 11.9. The Hall–Kier alpha value is -1.67. The van der Waals surface area contributed by atoms with Crippen molar-refractivity contribution in [3.05, 3.63) is 36.2 Å². The van der Waals surface area contributed by atoms with E-state index in [1.54, 1.807) is 19.3 Å². The second-order valence-electron chi connectivity index (χ2n) is 4.76. The van der Waals surface area contributed by atoms with Gasteiger partial charge in [-0.1, -0.05) is 0 Å². The fourth-order valence-corrected chi connectivity index (χ4v) is 3.44. The molecule has 1 aliphatic rings. The summed E-state index contributed by atoms with van der Waals surface area (Å²) in [5, 5.41) is 4.18. The summed E-state index contributed by atoms with van der Waals surface area (Å²) in [6, 6.07) is 1.88. The first-order chi connectivity index (χ1) is 9.60. The van der Waals surface area contributed by atoms with Gasteiger partial charge in [-0.05, 0) is 13.0 Å². The molecule has 2 aromatic rings. The topological polar surface area (TPSA) is 73.0 Å². The van der Waals surface area contributed by atoms with E-state index in [1.807, 2.05) is 16.9 Å². The van der Waals surface area contributed by atoms with Crippen LogP contribution in [0.3, 0.4) is 0 Å². The lowest BCUT2D eigenvalue weighted by Gasteiger charge is -2.27. The summed E-state index contributed by atoms with van der Waals surface area (Å²) in [5.74, 6) is 0.934. The van der Waals surface area contributed by atoms with Gasteiger partial charge in [-0.2, -0.15) is 9.40 Å². The molecule has 0 radical (unpaired) electrons. The van der Waals surface area contributed by atoms with Gasteiger partial charge in [0.2, 0.25) is 10.0 Å². The molecule has 0 bridgehead atoms. The molecule has 0 atom stereocenters. The molecule has 0 N–H and O–H groups in total. The van der Waals surface area contributed by atoms with E-state index in [2.05, 4.69) is 14.6 Å². The summed E-state index contributed by atoms with van der Waals surface area (Å²) in [7, 11) is -3.14. The SMILES string of the molecule is CCS(=O)(=O)N1CCn2c(Cn3cccn3)cnc2C1. The zero-order valence-corrected chi connectivity index (χ0v) is 12.1. The van der Waals surface area contributed by atoms with Gasteiger partial charge in [0.1, 0.15) is 5.82 Å². The molecule has 108 valence electrons. The van der Waals surface area contributed by atoms with E-state index in [0.717, 1.165) is 11.5 Å². The molecule has 0 unspecified atom stereocenters. The van der Waals surface area contributed by atoms with Gasteiger partial charge in [0.25, 0.3) is 0 Å². The normalized spacial score (nSPS) is 16.2. The molecule has 0 fully saturated rings. The summed E-state index contributed by atoms with van der Waals surface area (Å²) in [4.78, 5) is 4.35. The summed E-state index contributed by atoms with van der Waals surface area (Å²) >= 11 is 0. The summed E-state index contributed by atoms with van der Waals surface area (Å²) < 4.78 is 29.2. The molecule has 2 aromatic heterocycles. The molecular formula is C12H17N5O2S. The fraction of sp³-hybridized carbons (Fsp3) is 0.500. The average Bonchev–Trinajstić information content (AvgIpc) is 3.09. The van der Waals surface area contributed by atoms with Crippen LogP contribution in [0.15, 0.2) is 24.7 Å². The second-order valence-corrected chi connectivity index (χ2v) is 7.01. The Bertz CT molecular complexity index is 690. The van der Waals surface area contributed by atoms with Gasteiger partial charge < -0.3 is 4.57 Å². The van der Waals surface area contributed by atoms with Crippen molar-refractivity contribution >= 4 is 10.0 Å². The number of fused-ring (bicyclic) bond motifs is 1. The molecule has 1 aliphatic heterocycles. The Morgan fingerprint density at radius 2 is 2.20 bits per heavy atom. The van der Waals surface area contributed by atoms with E-state index >= 15 is 0 Å². The van der Waals surface area contributed by atoms with Gasteiger partial charge in [0.05, 0.1) is 30.7 Å². The van der Waals surface area contributed by atoms with E-state index in [-0.39, 0.29) is 5.75 Å². The second kappa shape index (κ2) is 5.02. The Morgan fingerprint density at radius 3 is 2.90 bits per heavy atom. The quantitative estimate of drug-likeness (QED) is 0.813. The molecule has 0 aromatic carbocycles. The van der Waals surface area contributed by atoms with Crippen molar-refractivity contribution in [3.63, 3.8) is 0 Å². The largest absolute Gasteiger partial charge is 0.328 e. The van der Waals surface area contributed by atoms with Crippen LogP contribution in [0.5, 0.6) is 0 Å². The number of hydrogen-bond donors (Lipinski definition) is 0. The lowest BCUT2D eigenvalue weighted by molar-refractivity contribution is 0.331. The maximum Gasteiger partial charge on any atom is 0.214 e. The first-order valence-electron chi connectivity index (χ1n) is 6.58. The summed E-state index contributed by atoms with van der Waals surface area (Å²) in [6.07, 6.45) is 5.44. The van der Waals surface area contributed by atoms with Crippen LogP contribution >= 0.6 is 0 Å². The Balaban J connectivity index is 1.82. The highest BCUT2D eigenvalue weighted by Gasteiger charge is 2.27. The highest BCUT2D eigenvalue weighted by Crippen LogP contribution is 2.17. The van der Waals surface area contributed by atoms with Gasteiger partial charge in [0, 0.05) is 25.5 Å². The minimum atomic E-state index is -3.14. The smallest absolute Gasteiger partial charge is 0.214 e. The summed E-state index contributed by atoms with van der Waals surface area (Å²) in [6.45, 7) is 3.83. The average molecular weight is 295 g/mol. The van der Waals surface area contributed by atoms with Crippen molar-refractivity contribution in [1.82, 2.24) is 23.6 Å². The highest BCUT2D eigenvalue weighted by atomic mass is 32.2. The Labute approximate surface area is 117 Å². The van der Waals surface area contributed by atoms with Crippen LogP contribution in [0.4, 0.5) is 0 Å². The van der Waals surface area contributed by atoms with Crippen LogP contribution in [0, 0.1) is 0 Å². The molecule has 0 spiro atoms. The van der Waals surface area contributed by atoms with E-state index in [4.69, 9.17) is 0 Å². The highest BCUT2D eigenvalue weighted by molar-refractivity contribution is 7.89. The zero-order valence-electron chi connectivity index (χ0n) is 11.3. The minimum absolute atomic E-state index is 0.133. The molecule has 0 amide bonds. The van der Waals surface area contributed by atoms with Crippen molar-refractivity contribution in [2.75, 3.05) is 12.3 Å². The monoisotopic (exact) mass is 295 g/mol. The van der Waals surface area contributed by atoms with Gasteiger partial charge in [-0.15, -0.1) is 0 Å². The van der Waals surface area contributed by atoms with E-state index in [1.165, 1.54) is 4.31 Å². The molecule has 3 heterocycles. The predicted octanol–water partition coefficient (Wildman–Crippen LogP) is 0.293. The third kappa shape index (κ3) is 2.36. The van der Waals surface area contributed by atoms with Crippen molar-refractivity contribution in [2.24, 2.45) is 0 Å². The van der Waals surface area contributed by atoms with Crippen LogP contribution in [-0.2, 0) is 29.7 Å². The molecular weight excluding hydrogens is 278 g/mol. The molecule has 3 rings (SSSR count).